The second kappa shape index (κ2) is 6.96. The molecule has 3 nitrogen and oxygen atoms in total. The van der Waals surface area contributed by atoms with E-state index in [1.54, 1.807) is 12.1 Å². The first-order valence-electron chi connectivity index (χ1n) is 7.17. The van der Waals surface area contributed by atoms with Crippen LogP contribution in [0.15, 0.2) is 47.5 Å². The van der Waals surface area contributed by atoms with Gasteiger partial charge in [0.2, 0.25) is 5.90 Å². The smallest absolute Gasteiger partial charge is 0.222 e. The van der Waals surface area contributed by atoms with Crippen molar-refractivity contribution >= 4 is 17.5 Å². The van der Waals surface area contributed by atoms with Gasteiger partial charge in [-0.1, -0.05) is 29.8 Å². The van der Waals surface area contributed by atoms with Crippen molar-refractivity contribution in [2.24, 2.45) is 4.99 Å². The lowest BCUT2D eigenvalue weighted by molar-refractivity contribution is 0.264. The summed E-state index contributed by atoms with van der Waals surface area (Å²) < 4.78 is 38.3. The van der Waals surface area contributed by atoms with Crippen molar-refractivity contribution in [2.75, 3.05) is 13.2 Å². The lowest BCUT2D eigenvalue weighted by Crippen LogP contribution is -2.11. The molecule has 0 fully saturated rings. The number of aliphatic imine (C=N–C) groups is 1. The Kier molecular flexibility index (Phi) is 4.76. The third kappa shape index (κ3) is 3.62. The van der Waals surface area contributed by atoms with Gasteiger partial charge in [-0.2, -0.15) is 0 Å². The Morgan fingerprint density at radius 1 is 1.13 bits per heavy atom. The van der Waals surface area contributed by atoms with Gasteiger partial charge in [0.05, 0.1) is 17.7 Å². The van der Waals surface area contributed by atoms with E-state index in [2.05, 4.69) is 4.99 Å². The van der Waals surface area contributed by atoms with Gasteiger partial charge in [-0.05, 0) is 24.3 Å². The van der Waals surface area contributed by atoms with Gasteiger partial charge in [0, 0.05) is 6.42 Å². The van der Waals surface area contributed by atoms with Crippen LogP contribution in [0.25, 0.3) is 0 Å². The van der Waals surface area contributed by atoms with Crippen molar-refractivity contribution in [3.63, 3.8) is 0 Å². The van der Waals surface area contributed by atoms with E-state index in [1.165, 1.54) is 18.2 Å². The van der Waals surface area contributed by atoms with Crippen LogP contribution in [0.4, 0.5) is 8.78 Å². The van der Waals surface area contributed by atoms with E-state index in [0.717, 1.165) is 0 Å². The molecule has 2 aromatic rings. The summed E-state index contributed by atoms with van der Waals surface area (Å²) in [6.45, 7) is 0.656. The predicted octanol–water partition coefficient (Wildman–Crippen LogP) is 4.23. The van der Waals surface area contributed by atoms with Crippen molar-refractivity contribution in [3.8, 4) is 5.75 Å². The van der Waals surface area contributed by atoms with Crippen LogP contribution in [0.5, 0.6) is 5.75 Å². The van der Waals surface area contributed by atoms with Crippen molar-refractivity contribution < 1.29 is 18.3 Å². The molecule has 1 unspecified atom stereocenters. The van der Waals surface area contributed by atoms with Crippen LogP contribution in [-0.2, 0) is 4.74 Å². The highest BCUT2D eigenvalue weighted by Gasteiger charge is 2.25. The minimum atomic E-state index is -0.684. The first kappa shape index (κ1) is 15.7. The molecule has 0 spiro atoms. The van der Waals surface area contributed by atoms with Crippen molar-refractivity contribution in [1.82, 2.24) is 0 Å². The SMILES string of the molecule is Fc1cccc(F)c1C1=NC(CCOc2ccccc2Cl)CO1. The van der Waals surface area contributed by atoms with E-state index in [9.17, 15) is 8.78 Å². The Labute approximate surface area is 137 Å². The van der Waals surface area contributed by atoms with Gasteiger partial charge < -0.3 is 9.47 Å². The maximum atomic E-state index is 13.7. The zero-order chi connectivity index (χ0) is 16.2. The van der Waals surface area contributed by atoms with Crippen LogP contribution in [-0.4, -0.2) is 25.2 Å². The first-order chi connectivity index (χ1) is 11.1. The molecule has 3 rings (SSSR count). The third-order valence-corrected chi connectivity index (χ3v) is 3.75. The second-order valence-corrected chi connectivity index (χ2v) is 5.47. The number of rotatable bonds is 5. The number of halogens is 3. The molecule has 2 aromatic carbocycles. The van der Waals surface area contributed by atoms with Crippen LogP contribution < -0.4 is 4.74 Å². The summed E-state index contributed by atoms with van der Waals surface area (Å²) in [4.78, 5) is 4.24. The maximum Gasteiger partial charge on any atom is 0.222 e. The fourth-order valence-corrected chi connectivity index (χ4v) is 2.46. The summed E-state index contributed by atoms with van der Waals surface area (Å²) in [5.74, 6) is -0.769. The molecule has 0 radical (unpaired) electrons. The van der Waals surface area contributed by atoms with Crippen LogP contribution in [0, 0.1) is 11.6 Å². The highest BCUT2D eigenvalue weighted by Crippen LogP contribution is 2.24. The van der Waals surface area contributed by atoms with Crippen LogP contribution >= 0.6 is 11.6 Å². The molecule has 1 aliphatic rings. The van der Waals surface area contributed by atoms with Gasteiger partial charge >= 0.3 is 0 Å². The Morgan fingerprint density at radius 3 is 2.61 bits per heavy atom. The van der Waals surface area contributed by atoms with Gasteiger partial charge in [0.25, 0.3) is 0 Å². The fourth-order valence-electron chi connectivity index (χ4n) is 2.27. The van der Waals surface area contributed by atoms with Gasteiger partial charge in [-0.3, -0.25) is 0 Å². The van der Waals surface area contributed by atoms with E-state index in [1.807, 2.05) is 12.1 Å². The Bertz CT molecular complexity index is 716. The number of hydrogen-bond acceptors (Lipinski definition) is 3. The number of nitrogens with zero attached hydrogens (tertiary/aromatic N) is 1. The third-order valence-electron chi connectivity index (χ3n) is 3.43. The van der Waals surface area contributed by atoms with E-state index >= 15 is 0 Å². The first-order valence-corrected chi connectivity index (χ1v) is 7.55. The van der Waals surface area contributed by atoms with Crippen molar-refractivity contribution in [1.29, 1.82) is 0 Å². The van der Waals surface area contributed by atoms with Crippen molar-refractivity contribution in [2.45, 2.75) is 12.5 Å². The molecule has 0 aromatic heterocycles. The van der Waals surface area contributed by atoms with Crippen LogP contribution in [0.3, 0.4) is 0 Å². The molecular weight excluding hydrogens is 324 g/mol. The maximum absolute atomic E-state index is 13.7. The predicted molar refractivity (Wildman–Crippen MR) is 84.2 cm³/mol. The topological polar surface area (TPSA) is 30.8 Å². The quantitative estimate of drug-likeness (QED) is 0.817. The van der Waals surface area contributed by atoms with E-state index in [4.69, 9.17) is 21.1 Å². The summed E-state index contributed by atoms with van der Waals surface area (Å²) in [6.07, 6.45) is 0.560. The molecule has 0 amide bonds. The Morgan fingerprint density at radius 2 is 1.87 bits per heavy atom. The zero-order valence-electron chi connectivity index (χ0n) is 12.1. The molecule has 0 bridgehead atoms. The average Bonchev–Trinajstić information content (AvgIpc) is 2.97. The minimum Gasteiger partial charge on any atom is -0.492 e. The van der Waals surface area contributed by atoms with E-state index in [0.29, 0.717) is 23.8 Å². The molecule has 0 saturated heterocycles. The van der Waals surface area contributed by atoms with Crippen molar-refractivity contribution in [3.05, 3.63) is 64.7 Å². The fraction of sp³-hybridized carbons (Fsp3) is 0.235. The molecule has 0 aliphatic carbocycles. The zero-order valence-corrected chi connectivity index (χ0v) is 12.9. The molecule has 23 heavy (non-hydrogen) atoms. The normalized spacial score (nSPS) is 16.8. The molecule has 6 heteroatoms. The molecule has 120 valence electrons. The van der Waals surface area contributed by atoms with Gasteiger partial charge in [0.15, 0.2) is 0 Å². The lowest BCUT2D eigenvalue weighted by Gasteiger charge is -2.09. The van der Waals surface area contributed by atoms with Gasteiger partial charge in [0.1, 0.15) is 29.6 Å². The second-order valence-electron chi connectivity index (χ2n) is 5.06. The number of benzene rings is 2. The summed E-state index contributed by atoms with van der Waals surface area (Å²) in [6, 6.07) is 10.6. The minimum absolute atomic E-state index is 0.00310. The average molecular weight is 338 g/mol. The molecule has 0 saturated carbocycles. The van der Waals surface area contributed by atoms with Gasteiger partial charge in [-0.25, -0.2) is 13.8 Å². The highest BCUT2D eigenvalue weighted by atomic mass is 35.5. The standard InChI is InChI=1S/C17H14ClF2NO2/c18-12-4-1-2-7-15(12)22-9-8-11-10-23-17(21-11)16-13(19)5-3-6-14(16)20/h1-7,11H,8-10H2. The Balaban J connectivity index is 1.61. The summed E-state index contributed by atoms with van der Waals surface area (Å²) in [5, 5.41) is 0.535. The lowest BCUT2D eigenvalue weighted by atomic mass is 10.2. The summed E-state index contributed by atoms with van der Waals surface area (Å²) in [5.41, 5.74) is -0.220. The number of para-hydroxylation sites is 1. The molecule has 1 aliphatic heterocycles. The number of ether oxygens (including phenoxy) is 2. The monoisotopic (exact) mass is 337 g/mol. The Hall–Kier alpha value is -2.14. The highest BCUT2D eigenvalue weighted by molar-refractivity contribution is 6.32. The number of hydrogen-bond donors (Lipinski definition) is 0. The molecule has 1 atom stereocenters. The van der Waals surface area contributed by atoms with E-state index < -0.39 is 11.6 Å². The molecule has 0 N–H and O–H groups in total. The molecule has 1 heterocycles. The molecular formula is C17H14ClF2NO2. The van der Waals surface area contributed by atoms with Crippen LogP contribution in [0.2, 0.25) is 5.02 Å². The summed E-state index contributed by atoms with van der Waals surface area (Å²) >= 11 is 6.00. The largest absolute Gasteiger partial charge is 0.492 e. The van der Waals surface area contributed by atoms with Crippen LogP contribution in [0.1, 0.15) is 12.0 Å². The van der Waals surface area contributed by atoms with E-state index in [-0.39, 0.29) is 24.1 Å². The van der Waals surface area contributed by atoms with Gasteiger partial charge in [-0.15, -0.1) is 0 Å². The summed E-state index contributed by atoms with van der Waals surface area (Å²) in [7, 11) is 0.